The standard InChI is InChI=1S/C28H27BrN4O4S/c1-20-16-22(21(2)33(20)25-9-7-8-23(29)17-25)18-30-31-28(34)19-32(38(3,35)36)24-12-14-27(15-13-24)37-26-10-5-4-6-11-26/h4-18H,19H2,1-3H3,(H,31,34)/b30-18-. The maximum Gasteiger partial charge on any atom is 0.260 e. The highest BCUT2D eigenvalue weighted by molar-refractivity contribution is 9.10. The predicted octanol–water partition coefficient (Wildman–Crippen LogP) is 5.57. The highest BCUT2D eigenvalue weighted by Crippen LogP contribution is 2.26. The molecule has 0 aliphatic rings. The van der Waals surface area contributed by atoms with Crippen molar-refractivity contribution in [1.29, 1.82) is 0 Å². The maximum absolute atomic E-state index is 12.6. The molecule has 0 atom stereocenters. The molecule has 196 valence electrons. The number of halogens is 1. The first-order chi connectivity index (χ1) is 18.1. The van der Waals surface area contributed by atoms with Gasteiger partial charge in [0.1, 0.15) is 18.0 Å². The molecule has 1 amide bonds. The van der Waals surface area contributed by atoms with Crippen LogP contribution in [0.15, 0.2) is 94.5 Å². The number of carbonyl (C=O) groups excluding carboxylic acids is 1. The molecule has 1 aromatic heterocycles. The number of hydrogen-bond acceptors (Lipinski definition) is 5. The van der Waals surface area contributed by atoms with Crippen LogP contribution in [0.4, 0.5) is 5.69 Å². The molecule has 1 heterocycles. The van der Waals surface area contributed by atoms with Gasteiger partial charge in [0.05, 0.1) is 18.2 Å². The van der Waals surface area contributed by atoms with E-state index in [2.05, 4.69) is 31.0 Å². The zero-order valence-electron chi connectivity index (χ0n) is 21.1. The number of benzene rings is 3. The lowest BCUT2D eigenvalue weighted by atomic mass is 10.2. The third-order valence-electron chi connectivity index (χ3n) is 5.72. The fourth-order valence-electron chi connectivity index (χ4n) is 3.98. The van der Waals surface area contributed by atoms with Crippen LogP contribution in [0, 0.1) is 13.8 Å². The van der Waals surface area contributed by atoms with Crippen LogP contribution < -0.4 is 14.5 Å². The number of sulfonamides is 1. The number of aromatic nitrogens is 1. The van der Waals surface area contributed by atoms with Crippen molar-refractivity contribution in [2.45, 2.75) is 13.8 Å². The van der Waals surface area contributed by atoms with Gasteiger partial charge in [-0.25, -0.2) is 13.8 Å². The normalized spacial score (nSPS) is 11.5. The zero-order valence-corrected chi connectivity index (χ0v) is 23.5. The van der Waals surface area contributed by atoms with Crippen LogP contribution in [0.2, 0.25) is 0 Å². The molecule has 4 aromatic rings. The van der Waals surface area contributed by atoms with Gasteiger partial charge in [0.15, 0.2) is 0 Å². The van der Waals surface area contributed by atoms with Crippen molar-refractivity contribution >= 4 is 43.8 Å². The maximum atomic E-state index is 12.6. The van der Waals surface area contributed by atoms with E-state index < -0.39 is 22.5 Å². The van der Waals surface area contributed by atoms with Crippen molar-refractivity contribution < 1.29 is 17.9 Å². The monoisotopic (exact) mass is 594 g/mol. The van der Waals surface area contributed by atoms with E-state index in [4.69, 9.17) is 4.74 Å². The van der Waals surface area contributed by atoms with E-state index in [0.717, 1.165) is 37.7 Å². The molecule has 8 nitrogen and oxygen atoms in total. The Morgan fingerprint density at radius 1 is 1.00 bits per heavy atom. The SMILES string of the molecule is Cc1cc(/C=N\NC(=O)CN(c2ccc(Oc3ccccc3)cc2)S(C)(=O)=O)c(C)n1-c1cccc(Br)c1. The molecule has 0 saturated carbocycles. The van der Waals surface area contributed by atoms with Crippen LogP contribution in [0.25, 0.3) is 5.69 Å². The van der Waals surface area contributed by atoms with E-state index in [1.54, 1.807) is 30.5 Å². The number of nitrogens with zero attached hydrogens (tertiary/aromatic N) is 3. The number of para-hydroxylation sites is 1. The number of carbonyl (C=O) groups is 1. The number of aryl methyl sites for hydroxylation is 1. The summed E-state index contributed by atoms with van der Waals surface area (Å²) in [6.07, 6.45) is 2.60. The molecule has 0 unspecified atom stereocenters. The number of amides is 1. The largest absolute Gasteiger partial charge is 0.457 e. The molecule has 3 aromatic carbocycles. The van der Waals surface area contributed by atoms with Gasteiger partial charge in [-0.1, -0.05) is 40.2 Å². The lowest BCUT2D eigenvalue weighted by Crippen LogP contribution is -2.39. The Balaban J connectivity index is 1.43. The zero-order chi connectivity index (χ0) is 27.3. The smallest absolute Gasteiger partial charge is 0.260 e. The van der Waals surface area contributed by atoms with Crippen molar-refractivity contribution in [3.8, 4) is 17.2 Å². The second-order valence-electron chi connectivity index (χ2n) is 8.61. The number of ether oxygens (including phenoxy) is 1. The van der Waals surface area contributed by atoms with Crippen molar-refractivity contribution in [3.05, 3.63) is 106 Å². The van der Waals surface area contributed by atoms with Gasteiger partial charge < -0.3 is 9.30 Å². The molecular weight excluding hydrogens is 568 g/mol. The van der Waals surface area contributed by atoms with Gasteiger partial charge in [0.2, 0.25) is 10.0 Å². The van der Waals surface area contributed by atoms with E-state index in [1.807, 2.05) is 74.5 Å². The molecule has 0 aliphatic carbocycles. The summed E-state index contributed by atoms with van der Waals surface area (Å²) in [5.41, 5.74) is 6.57. The third kappa shape index (κ3) is 6.70. The molecule has 1 N–H and O–H groups in total. The molecule has 10 heteroatoms. The number of nitrogens with one attached hydrogen (secondary N) is 1. The van der Waals surface area contributed by atoms with Gasteiger partial charge in [-0.2, -0.15) is 5.10 Å². The Morgan fingerprint density at radius 2 is 1.68 bits per heavy atom. The lowest BCUT2D eigenvalue weighted by molar-refractivity contribution is -0.119. The van der Waals surface area contributed by atoms with Crippen molar-refractivity contribution in [3.63, 3.8) is 0 Å². The minimum Gasteiger partial charge on any atom is -0.457 e. The van der Waals surface area contributed by atoms with E-state index in [0.29, 0.717) is 17.2 Å². The molecule has 38 heavy (non-hydrogen) atoms. The first kappa shape index (κ1) is 27.2. The Hall–Kier alpha value is -3.89. The summed E-state index contributed by atoms with van der Waals surface area (Å²) in [4.78, 5) is 12.6. The van der Waals surface area contributed by atoms with E-state index in [-0.39, 0.29) is 0 Å². The van der Waals surface area contributed by atoms with Crippen LogP contribution in [0.1, 0.15) is 17.0 Å². The number of anilines is 1. The fourth-order valence-corrected chi connectivity index (χ4v) is 5.22. The molecule has 0 aliphatic heterocycles. The molecule has 0 radical (unpaired) electrons. The molecular formula is C28H27BrN4O4S. The van der Waals surface area contributed by atoms with Crippen molar-refractivity contribution in [1.82, 2.24) is 9.99 Å². The van der Waals surface area contributed by atoms with Crippen LogP contribution in [-0.2, 0) is 14.8 Å². The minimum absolute atomic E-state index is 0.338. The molecule has 4 rings (SSSR count). The fraction of sp³-hybridized carbons (Fsp3) is 0.143. The number of hydrazone groups is 1. The van der Waals surface area contributed by atoms with Gasteiger partial charge in [0, 0.05) is 27.1 Å². The van der Waals surface area contributed by atoms with E-state index in [9.17, 15) is 13.2 Å². The van der Waals surface area contributed by atoms with Gasteiger partial charge in [-0.05, 0) is 74.5 Å². The highest BCUT2D eigenvalue weighted by atomic mass is 79.9. The van der Waals surface area contributed by atoms with E-state index in [1.165, 1.54) is 0 Å². The predicted molar refractivity (Wildman–Crippen MR) is 154 cm³/mol. The lowest BCUT2D eigenvalue weighted by Gasteiger charge is -2.21. The van der Waals surface area contributed by atoms with Gasteiger partial charge in [0.25, 0.3) is 5.91 Å². The molecule has 0 fully saturated rings. The van der Waals surface area contributed by atoms with Gasteiger partial charge in [-0.3, -0.25) is 9.10 Å². The Labute approximate surface area is 230 Å². The summed E-state index contributed by atoms with van der Waals surface area (Å²) in [6.45, 7) is 3.53. The Morgan fingerprint density at radius 3 is 2.34 bits per heavy atom. The third-order valence-corrected chi connectivity index (χ3v) is 7.35. The molecule has 0 spiro atoms. The van der Waals surface area contributed by atoms with Crippen LogP contribution in [0.5, 0.6) is 11.5 Å². The number of rotatable bonds is 9. The Bertz CT molecular complexity index is 1570. The summed E-state index contributed by atoms with van der Waals surface area (Å²) in [6, 6.07) is 25.6. The van der Waals surface area contributed by atoms with Gasteiger partial charge in [-0.15, -0.1) is 0 Å². The van der Waals surface area contributed by atoms with E-state index >= 15 is 0 Å². The van der Waals surface area contributed by atoms with Crippen LogP contribution >= 0.6 is 15.9 Å². The number of hydrogen-bond donors (Lipinski definition) is 1. The van der Waals surface area contributed by atoms with Gasteiger partial charge >= 0.3 is 0 Å². The topological polar surface area (TPSA) is 93.0 Å². The molecule has 0 bridgehead atoms. The second-order valence-corrected chi connectivity index (χ2v) is 11.4. The first-order valence-corrected chi connectivity index (χ1v) is 14.3. The highest BCUT2D eigenvalue weighted by Gasteiger charge is 2.21. The summed E-state index contributed by atoms with van der Waals surface area (Å²) < 4.78 is 34.7. The summed E-state index contributed by atoms with van der Waals surface area (Å²) in [5.74, 6) is 0.634. The summed E-state index contributed by atoms with van der Waals surface area (Å²) in [7, 11) is -3.73. The average Bonchev–Trinajstić information content (AvgIpc) is 3.16. The Kier molecular flexibility index (Phi) is 8.33. The summed E-state index contributed by atoms with van der Waals surface area (Å²) in [5, 5.41) is 4.07. The van der Waals surface area contributed by atoms with Crippen LogP contribution in [-0.4, -0.2) is 37.9 Å². The average molecular weight is 596 g/mol. The van der Waals surface area contributed by atoms with Crippen molar-refractivity contribution in [2.24, 2.45) is 5.10 Å². The molecule has 0 saturated heterocycles. The van der Waals surface area contributed by atoms with Crippen LogP contribution in [0.3, 0.4) is 0 Å². The quantitative estimate of drug-likeness (QED) is 0.203. The van der Waals surface area contributed by atoms with Crippen molar-refractivity contribution in [2.75, 3.05) is 17.1 Å². The minimum atomic E-state index is -3.73. The summed E-state index contributed by atoms with van der Waals surface area (Å²) >= 11 is 3.50. The second kappa shape index (κ2) is 11.7. The first-order valence-electron chi connectivity index (χ1n) is 11.7.